The monoisotopic (exact) mass is 645 g/mol. The number of nitrogens with zero attached hydrogens (tertiary/aromatic N) is 4. The molecule has 0 unspecified atom stereocenters. The van der Waals surface area contributed by atoms with Crippen LogP contribution in [0.5, 0.6) is 0 Å². The predicted molar refractivity (Wildman–Crippen MR) is 146 cm³/mol. The summed E-state index contributed by atoms with van der Waals surface area (Å²) in [6.45, 7) is 1.18. The smallest absolute Gasteiger partial charge is 0.475 e. The molecule has 45 heavy (non-hydrogen) atoms. The Balaban J connectivity index is 0.000000591. The van der Waals surface area contributed by atoms with Crippen LogP contribution in [0.1, 0.15) is 24.0 Å². The molecule has 240 valence electrons. The zero-order valence-electron chi connectivity index (χ0n) is 23.0. The van der Waals surface area contributed by atoms with E-state index in [1.54, 1.807) is 17.3 Å². The number of carboxylic acid groups (broad SMARTS) is 1. The summed E-state index contributed by atoms with van der Waals surface area (Å²) in [7, 11) is 0. The van der Waals surface area contributed by atoms with Crippen molar-refractivity contribution in [1.82, 2.24) is 9.97 Å². The number of nitrogens with one attached hydrogen (secondary N) is 1. The summed E-state index contributed by atoms with van der Waals surface area (Å²) in [5.41, 5.74) is 2.45. The van der Waals surface area contributed by atoms with E-state index in [2.05, 4.69) is 15.3 Å². The maximum absolute atomic E-state index is 13.7. The summed E-state index contributed by atoms with van der Waals surface area (Å²) in [5.74, 6) is -2.86. The molecule has 0 saturated carbocycles. The minimum atomic E-state index is -5.08. The van der Waals surface area contributed by atoms with Gasteiger partial charge in [0.05, 0.1) is 16.8 Å². The number of alkyl halides is 9. The minimum absolute atomic E-state index is 0.105. The van der Waals surface area contributed by atoms with Crippen LogP contribution in [0.25, 0.3) is 0 Å². The third-order valence-electron chi connectivity index (χ3n) is 6.83. The molecular formula is C29H24F9N5O2. The molecule has 5 rings (SSSR count). The Hall–Kier alpha value is -4.76. The van der Waals surface area contributed by atoms with Gasteiger partial charge in [-0.05, 0) is 72.5 Å². The van der Waals surface area contributed by atoms with E-state index in [0.29, 0.717) is 43.9 Å². The molecule has 7 nitrogen and oxygen atoms in total. The van der Waals surface area contributed by atoms with Gasteiger partial charge in [-0.1, -0.05) is 0 Å². The van der Waals surface area contributed by atoms with Crippen molar-refractivity contribution in [1.29, 1.82) is 0 Å². The van der Waals surface area contributed by atoms with E-state index >= 15 is 0 Å². The number of allylic oxidation sites excluding steroid dienone is 1. The Morgan fingerprint density at radius 2 is 1.44 bits per heavy atom. The van der Waals surface area contributed by atoms with Gasteiger partial charge < -0.3 is 20.2 Å². The number of aromatic nitrogens is 2. The Morgan fingerprint density at radius 3 is 2.02 bits per heavy atom. The second-order valence-electron chi connectivity index (χ2n) is 9.82. The molecule has 0 radical (unpaired) electrons. The Bertz CT molecular complexity index is 1550. The Morgan fingerprint density at radius 1 is 0.822 bits per heavy atom. The summed E-state index contributed by atoms with van der Waals surface area (Å²) < 4.78 is 112. The summed E-state index contributed by atoms with van der Waals surface area (Å²) in [6, 6.07) is 10.7. The molecule has 0 bridgehead atoms. The Labute approximate surface area is 250 Å². The average Bonchev–Trinajstić information content (AvgIpc) is 3.20. The van der Waals surface area contributed by atoms with E-state index in [-0.39, 0.29) is 5.82 Å². The van der Waals surface area contributed by atoms with Gasteiger partial charge in [-0.25, -0.2) is 9.78 Å². The van der Waals surface area contributed by atoms with E-state index in [4.69, 9.17) is 9.90 Å². The average molecular weight is 646 g/mol. The summed E-state index contributed by atoms with van der Waals surface area (Å²) >= 11 is 0. The first-order valence-electron chi connectivity index (χ1n) is 13.2. The van der Waals surface area contributed by atoms with Gasteiger partial charge in [-0.2, -0.15) is 39.5 Å². The van der Waals surface area contributed by atoms with Gasteiger partial charge in [-0.15, -0.1) is 0 Å². The molecule has 0 amide bonds. The maximum Gasteiger partial charge on any atom is 0.490 e. The van der Waals surface area contributed by atoms with Crippen molar-refractivity contribution in [3.63, 3.8) is 0 Å². The summed E-state index contributed by atoms with van der Waals surface area (Å²) in [6.07, 6.45) is -6.58. The van der Waals surface area contributed by atoms with E-state index in [1.165, 1.54) is 24.4 Å². The standard InChI is InChI=1S/C27H23F6N5.C2HF3O2/c28-26(29,30)19-3-5-20(6-4-19)36-24-17-38(21-7-12-34-13-8-21)16-18-9-14-37(15-10-22(18)24)25-23(27(31,32)33)2-1-11-35-25;3-2(4,5)1(6)7/h1-8,11-13,17,36H,9-10,14-16H2;(H,6,7). The lowest BCUT2D eigenvalue weighted by Gasteiger charge is -2.31. The number of hydrogen-bond donors (Lipinski definition) is 2. The largest absolute Gasteiger partial charge is 0.490 e. The third-order valence-corrected chi connectivity index (χ3v) is 6.83. The number of benzene rings is 1. The van der Waals surface area contributed by atoms with Crippen LogP contribution in [-0.4, -0.2) is 46.9 Å². The molecule has 2 N–H and O–H groups in total. The van der Waals surface area contributed by atoms with Crippen molar-refractivity contribution >= 4 is 23.2 Å². The lowest BCUT2D eigenvalue weighted by atomic mass is 9.96. The minimum Gasteiger partial charge on any atom is -0.475 e. The zero-order chi connectivity index (χ0) is 33.0. The molecule has 2 aromatic heterocycles. The van der Waals surface area contributed by atoms with E-state index < -0.39 is 35.6 Å². The highest BCUT2D eigenvalue weighted by molar-refractivity contribution is 5.73. The molecule has 3 aromatic rings. The van der Waals surface area contributed by atoms with Gasteiger partial charge in [0.15, 0.2) is 0 Å². The van der Waals surface area contributed by atoms with Crippen LogP contribution in [0.3, 0.4) is 0 Å². The third kappa shape index (κ3) is 8.45. The molecule has 2 aliphatic heterocycles. The van der Waals surface area contributed by atoms with E-state index in [0.717, 1.165) is 35.0 Å². The van der Waals surface area contributed by atoms with Crippen molar-refractivity contribution in [2.45, 2.75) is 31.4 Å². The molecule has 2 aliphatic rings. The lowest BCUT2D eigenvalue weighted by Crippen LogP contribution is -2.28. The van der Waals surface area contributed by atoms with E-state index in [1.807, 2.05) is 23.2 Å². The topological polar surface area (TPSA) is 81.6 Å². The SMILES string of the molecule is FC(F)(F)c1ccc(NC2=CN(c3ccncc3)CC3=C2CCN(c2ncccc2C(F)(F)F)CC3)cc1.O=C(O)C(F)(F)F. The van der Waals surface area contributed by atoms with Crippen molar-refractivity contribution in [2.24, 2.45) is 0 Å². The molecule has 0 atom stereocenters. The molecular weight excluding hydrogens is 621 g/mol. The number of aliphatic carboxylic acids is 1. The lowest BCUT2D eigenvalue weighted by molar-refractivity contribution is -0.192. The number of carboxylic acids is 1. The molecule has 0 aliphatic carbocycles. The predicted octanol–water partition coefficient (Wildman–Crippen LogP) is 7.52. The van der Waals surface area contributed by atoms with Gasteiger partial charge in [0.2, 0.25) is 0 Å². The molecule has 0 spiro atoms. The summed E-state index contributed by atoms with van der Waals surface area (Å²) in [5, 5.41) is 10.4. The first-order valence-corrected chi connectivity index (χ1v) is 13.2. The van der Waals surface area contributed by atoms with Crippen LogP contribution in [0, 0.1) is 0 Å². The molecule has 0 fully saturated rings. The second kappa shape index (κ2) is 13.1. The van der Waals surface area contributed by atoms with Gasteiger partial charge in [0.25, 0.3) is 0 Å². The summed E-state index contributed by atoms with van der Waals surface area (Å²) in [4.78, 5) is 20.6. The molecule has 4 heterocycles. The van der Waals surface area contributed by atoms with Crippen LogP contribution < -0.4 is 15.1 Å². The second-order valence-corrected chi connectivity index (χ2v) is 9.82. The molecule has 16 heteroatoms. The fourth-order valence-corrected chi connectivity index (χ4v) is 4.73. The highest BCUT2D eigenvalue weighted by atomic mass is 19.4. The van der Waals surface area contributed by atoms with Crippen LogP contribution in [-0.2, 0) is 17.1 Å². The van der Waals surface area contributed by atoms with Gasteiger partial charge in [-0.3, -0.25) is 4.98 Å². The van der Waals surface area contributed by atoms with Crippen molar-refractivity contribution in [3.8, 4) is 0 Å². The van der Waals surface area contributed by atoms with Crippen LogP contribution in [0.4, 0.5) is 56.7 Å². The highest BCUT2D eigenvalue weighted by Crippen LogP contribution is 2.38. The first kappa shape index (κ1) is 33.1. The number of halogens is 9. The number of carbonyl (C=O) groups is 1. The van der Waals surface area contributed by atoms with Gasteiger partial charge in [0.1, 0.15) is 5.82 Å². The fraction of sp³-hybridized carbons (Fsp3) is 0.276. The van der Waals surface area contributed by atoms with Gasteiger partial charge in [0, 0.05) is 55.8 Å². The molecule has 0 saturated heterocycles. The quantitative estimate of drug-likeness (QED) is 0.284. The molecule has 1 aromatic carbocycles. The Kier molecular flexibility index (Phi) is 9.63. The zero-order valence-corrected chi connectivity index (χ0v) is 23.0. The van der Waals surface area contributed by atoms with Crippen LogP contribution >= 0.6 is 0 Å². The number of rotatable bonds is 4. The van der Waals surface area contributed by atoms with E-state index in [9.17, 15) is 39.5 Å². The normalized spacial score (nSPS) is 15.8. The number of pyridine rings is 2. The number of hydrogen-bond acceptors (Lipinski definition) is 6. The number of anilines is 3. The van der Waals surface area contributed by atoms with Crippen LogP contribution in [0.15, 0.2) is 90.2 Å². The van der Waals surface area contributed by atoms with Crippen molar-refractivity contribution in [2.75, 3.05) is 34.8 Å². The van der Waals surface area contributed by atoms with Gasteiger partial charge >= 0.3 is 24.5 Å². The van der Waals surface area contributed by atoms with Crippen molar-refractivity contribution < 1.29 is 49.4 Å². The van der Waals surface area contributed by atoms with Crippen LogP contribution in [0.2, 0.25) is 0 Å². The maximum atomic E-state index is 13.7. The highest BCUT2D eigenvalue weighted by Gasteiger charge is 2.38. The van der Waals surface area contributed by atoms with Crippen molar-refractivity contribution in [3.05, 3.63) is 101 Å². The first-order chi connectivity index (χ1) is 21.0. The fourth-order valence-electron chi connectivity index (χ4n) is 4.73.